The van der Waals surface area contributed by atoms with Gasteiger partial charge >= 0.3 is 0 Å². The number of rotatable bonds is 6. The second-order valence-corrected chi connectivity index (χ2v) is 6.71. The Kier molecular flexibility index (Phi) is 6.28. The van der Waals surface area contributed by atoms with Crippen LogP contribution in [0.3, 0.4) is 0 Å². The minimum absolute atomic E-state index is 0.145. The molecular formula is C20H24N6O. The van der Waals surface area contributed by atoms with Crippen molar-refractivity contribution in [3.63, 3.8) is 0 Å². The van der Waals surface area contributed by atoms with Crippen LogP contribution in [0.1, 0.15) is 23.7 Å². The predicted molar refractivity (Wildman–Crippen MR) is 105 cm³/mol. The first-order valence-electron chi connectivity index (χ1n) is 9.20. The molecule has 0 unspecified atom stereocenters. The number of anilines is 1. The van der Waals surface area contributed by atoms with Crippen LogP contribution in [0.25, 0.3) is 10.4 Å². The maximum Gasteiger partial charge on any atom is 0.219 e. The molecule has 0 saturated carbocycles. The normalized spacial score (nSPS) is 14.0. The number of piperazine rings is 1. The highest BCUT2D eigenvalue weighted by atomic mass is 16.2. The molecule has 3 rings (SSSR count). The number of hydrogen-bond acceptors (Lipinski definition) is 4. The number of benzene rings is 1. The molecule has 1 aromatic heterocycles. The Balaban J connectivity index is 1.54. The summed E-state index contributed by atoms with van der Waals surface area (Å²) in [5.74, 6) is 0.145. The summed E-state index contributed by atoms with van der Waals surface area (Å²) in [4.78, 5) is 23.0. The van der Waals surface area contributed by atoms with Gasteiger partial charge in [0.1, 0.15) is 0 Å². The second-order valence-electron chi connectivity index (χ2n) is 6.71. The van der Waals surface area contributed by atoms with Crippen LogP contribution in [0, 0.1) is 0 Å². The van der Waals surface area contributed by atoms with Crippen molar-refractivity contribution in [3.05, 3.63) is 69.9 Å². The molecule has 1 aromatic carbocycles. The van der Waals surface area contributed by atoms with Gasteiger partial charge < -0.3 is 9.80 Å². The third-order valence-electron chi connectivity index (χ3n) is 4.88. The molecule has 0 aliphatic carbocycles. The molecule has 140 valence electrons. The average Bonchev–Trinajstić information content (AvgIpc) is 2.71. The Bertz CT molecular complexity index is 821. The molecule has 0 N–H and O–H groups in total. The fraction of sp³-hybridized carbons (Fsp3) is 0.400. The summed E-state index contributed by atoms with van der Waals surface area (Å²) in [7, 11) is 0. The Morgan fingerprint density at radius 2 is 1.93 bits per heavy atom. The molecule has 1 amide bonds. The number of amides is 1. The number of azide groups is 1. The molecule has 7 heteroatoms. The summed E-state index contributed by atoms with van der Waals surface area (Å²) in [6.45, 7) is 5.23. The zero-order valence-corrected chi connectivity index (χ0v) is 15.6. The van der Waals surface area contributed by atoms with Crippen LogP contribution in [0.15, 0.2) is 47.7 Å². The van der Waals surface area contributed by atoms with Crippen LogP contribution in [0.5, 0.6) is 0 Å². The summed E-state index contributed by atoms with van der Waals surface area (Å²) in [6.07, 6.45) is 3.69. The van der Waals surface area contributed by atoms with Crippen LogP contribution in [-0.4, -0.2) is 42.0 Å². The largest absolute Gasteiger partial charge is 0.367 e. The van der Waals surface area contributed by atoms with Crippen LogP contribution in [0.2, 0.25) is 0 Å². The minimum Gasteiger partial charge on any atom is -0.367 e. The first-order chi connectivity index (χ1) is 13.2. The third-order valence-corrected chi connectivity index (χ3v) is 4.88. The van der Waals surface area contributed by atoms with Gasteiger partial charge in [-0.3, -0.25) is 9.78 Å². The van der Waals surface area contributed by atoms with Crippen molar-refractivity contribution in [2.45, 2.75) is 26.3 Å². The van der Waals surface area contributed by atoms with Gasteiger partial charge in [-0.1, -0.05) is 29.4 Å². The van der Waals surface area contributed by atoms with E-state index in [1.807, 2.05) is 23.2 Å². The van der Waals surface area contributed by atoms with Crippen molar-refractivity contribution in [2.24, 2.45) is 5.11 Å². The standard InChI is InChI=1S/C20H24N6O/c1-16(27)25-9-11-26(12-10-25)20-8-7-19(22-15-20)6-5-17-3-2-4-18(13-17)14-23-24-21/h2-4,7-8,13,15H,5-6,9-12,14H2,1H3. The second kappa shape index (κ2) is 9.05. The smallest absolute Gasteiger partial charge is 0.219 e. The van der Waals surface area contributed by atoms with E-state index < -0.39 is 0 Å². The van der Waals surface area contributed by atoms with E-state index in [1.54, 1.807) is 6.92 Å². The Hall–Kier alpha value is -3.05. The first-order valence-corrected chi connectivity index (χ1v) is 9.20. The molecule has 0 spiro atoms. The topological polar surface area (TPSA) is 85.2 Å². The lowest BCUT2D eigenvalue weighted by atomic mass is 10.0. The highest BCUT2D eigenvalue weighted by molar-refractivity contribution is 5.73. The SMILES string of the molecule is CC(=O)N1CCN(c2ccc(CCc3cccc(CN=[N+]=[N-])c3)nc2)CC1. The zero-order chi connectivity index (χ0) is 19.1. The highest BCUT2D eigenvalue weighted by Gasteiger charge is 2.18. The van der Waals surface area contributed by atoms with Crippen molar-refractivity contribution in [1.29, 1.82) is 0 Å². The monoisotopic (exact) mass is 364 g/mol. The molecule has 1 fully saturated rings. The lowest BCUT2D eigenvalue weighted by Gasteiger charge is -2.35. The Morgan fingerprint density at radius 1 is 1.15 bits per heavy atom. The molecule has 2 aromatic rings. The van der Waals surface area contributed by atoms with E-state index in [1.165, 1.54) is 5.56 Å². The van der Waals surface area contributed by atoms with E-state index in [2.05, 4.69) is 44.2 Å². The van der Waals surface area contributed by atoms with Crippen molar-refractivity contribution < 1.29 is 4.79 Å². The molecule has 0 radical (unpaired) electrons. The molecular weight excluding hydrogens is 340 g/mol. The van der Waals surface area contributed by atoms with E-state index in [4.69, 9.17) is 5.53 Å². The summed E-state index contributed by atoms with van der Waals surface area (Å²) in [6, 6.07) is 12.3. The molecule has 2 heterocycles. The van der Waals surface area contributed by atoms with Gasteiger partial charge in [-0.2, -0.15) is 0 Å². The number of carbonyl (C=O) groups excluding carboxylic acids is 1. The predicted octanol–water partition coefficient (Wildman–Crippen LogP) is 3.35. The van der Waals surface area contributed by atoms with E-state index in [9.17, 15) is 4.79 Å². The van der Waals surface area contributed by atoms with Gasteiger partial charge in [0, 0.05) is 43.7 Å². The van der Waals surface area contributed by atoms with Crippen LogP contribution < -0.4 is 4.90 Å². The summed E-state index contributed by atoms with van der Waals surface area (Å²) in [5, 5.41) is 3.61. The van der Waals surface area contributed by atoms with Gasteiger partial charge in [0.15, 0.2) is 0 Å². The number of aromatic nitrogens is 1. The van der Waals surface area contributed by atoms with Gasteiger partial charge in [0.2, 0.25) is 5.91 Å². The molecule has 1 aliphatic rings. The van der Waals surface area contributed by atoms with E-state index in [-0.39, 0.29) is 5.91 Å². The fourth-order valence-corrected chi connectivity index (χ4v) is 3.30. The van der Waals surface area contributed by atoms with Crippen molar-refractivity contribution in [1.82, 2.24) is 9.88 Å². The van der Waals surface area contributed by atoms with Gasteiger partial charge in [-0.05, 0) is 41.6 Å². The van der Waals surface area contributed by atoms with Crippen molar-refractivity contribution in [3.8, 4) is 0 Å². The van der Waals surface area contributed by atoms with E-state index >= 15 is 0 Å². The quantitative estimate of drug-likeness (QED) is 0.447. The van der Waals surface area contributed by atoms with Crippen LogP contribution >= 0.6 is 0 Å². The first kappa shape index (κ1) is 18.7. The minimum atomic E-state index is 0.145. The Morgan fingerprint density at radius 3 is 2.59 bits per heavy atom. The van der Waals surface area contributed by atoms with Crippen molar-refractivity contribution >= 4 is 11.6 Å². The number of pyridine rings is 1. The number of hydrogen-bond donors (Lipinski definition) is 0. The molecule has 1 saturated heterocycles. The summed E-state index contributed by atoms with van der Waals surface area (Å²) in [5.41, 5.74) is 12.8. The maximum atomic E-state index is 11.4. The van der Waals surface area contributed by atoms with E-state index in [0.29, 0.717) is 6.54 Å². The number of nitrogens with zero attached hydrogens (tertiary/aromatic N) is 6. The van der Waals surface area contributed by atoms with Crippen LogP contribution in [0.4, 0.5) is 5.69 Å². The lowest BCUT2D eigenvalue weighted by Crippen LogP contribution is -2.48. The van der Waals surface area contributed by atoms with Gasteiger partial charge in [-0.25, -0.2) is 0 Å². The number of aryl methyl sites for hydroxylation is 2. The maximum absolute atomic E-state index is 11.4. The number of carbonyl (C=O) groups is 1. The van der Waals surface area contributed by atoms with Gasteiger partial charge in [-0.15, -0.1) is 0 Å². The molecule has 1 aliphatic heterocycles. The Labute approximate surface area is 159 Å². The molecule has 0 atom stereocenters. The average molecular weight is 364 g/mol. The summed E-state index contributed by atoms with van der Waals surface area (Å²) < 4.78 is 0. The zero-order valence-electron chi connectivity index (χ0n) is 15.6. The van der Waals surface area contributed by atoms with Crippen LogP contribution in [-0.2, 0) is 24.2 Å². The summed E-state index contributed by atoms with van der Waals surface area (Å²) >= 11 is 0. The lowest BCUT2D eigenvalue weighted by molar-refractivity contribution is -0.129. The van der Waals surface area contributed by atoms with Gasteiger partial charge in [0.05, 0.1) is 18.4 Å². The van der Waals surface area contributed by atoms with Crippen molar-refractivity contribution in [2.75, 3.05) is 31.1 Å². The highest BCUT2D eigenvalue weighted by Crippen LogP contribution is 2.17. The molecule has 7 nitrogen and oxygen atoms in total. The molecule has 0 bridgehead atoms. The van der Waals surface area contributed by atoms with E-state index in [0.717, 1.165) is 56.0 Å². The molecule has 27 heavy (non-hydrogen) atoms. The third kappa shape index (κ3) is 5.21. The van der Waals surface area contributed by atoms with Gasteiger partial charge in [0.25, 0.3) is 0 Å². The fourth-order valence-electron chi connectivity index (χ4n) is 3.30.